The van der Waals surface area contributed by atoms with E-state index in [4.69, 9.17) is 23.2 Å². The number of halogens is 2. The van der Waals surface area contributed by atoms with Crippen molar-refractivity contribution >= 4 is 41.2 Å². The van der Waals surface area contributed by atoms with Gasteiger partial charge in [-0.1, -0.05) is 35.3 Å². The monoisotopic (exact) mass is 260 g/mol. The number of benzene rings is 1. The zero-order chi connectivity index (χ0) is 10.7. The highest BCUT2D eigenvalue weighted by atomic mass is 35.5. The summed E-state index contributed by atoms with van der Waals surface area (Å²) in [5, 5.41) is 4.51. The molecular weight excluding hydrogens is 251 g/mol. The molecule has 2 nitrogen and oxygen atoms in total. The minimum Gasteiger partial charge on any atom is -0.283 e. The second-order valence-corrected chi connectivity index (χ2v) is 5.01. The van der Waals surface area contributed by atoms with E-state index in [0.717, 1.165) is 11.3 Å². The number of hydrogen-bond donors (Lipinski definition) is 1. The summed E-state index contributed by atoms with van der Waals surface area (Å²) in [6, 6.07) is 5.65. The van der Waals surface area contributed by atoms with Crippen molar-refractivity contribution in [1.82, 2.24) is 5.32 Å². The highest BCUT2D eigenvalue weighted by Gasteiger charge is 2.11. The maximum atomic E-state index is 6.06. The van der Waals surface area contributed by atoms with Gasteiger partial charge < -0.3 is 0 Å². The average Bonchev–Trinajstić information content (AvgIpc) is 2.73. The van der Waals surface area contributed by atoms with Gasteiger partial charge in [0.15, 0.2) is 0 Å². The first kappa shape index (κ1) is 11.3. The highest BCUT2D eigenvalue weighted by Crippen LogP contribution is 2.25. The fourth-order valence-electron chi connectivity index (χ4n) is 1.31. The van der Waals surface area contributed by atoms with E-state index in [0.29, 0.717) is 16.6 Å². The molecule has 15 heavy (non-hydrogen) atoms. The lowest BCUT2D eigenvalue weighted by Crippen LogP contribution is -2.21. The third kappa shape index (κ3) is 2.88. The van der Waals surface area contributed by atoms with Crippen LogP contribution in [0.1, 0.15) is 5.56 Å². The van der Waals surface area contributed by atoms with E-state index in [9.17, 15) is 0 Å². The largest absolute Gasteiger partial charge is 0.283 e. The Morgan fingerprint density at radius 2 is 2.33 bits per heavy atom. The second-order valence-electron chi connectivity index (χ2n) is 3.11. The molecule has 1 unspecified atom stereocenters. The Morgan fingerprint density at radius 1 is 1.47 bits per heavy atom. The Kier molecular flexibility index (Phi) is 3.92. The van der Waals surface area contributed by atoms with Crippen LogP contribution in [-0.4, -0.2) is 17.5 Å². The molecule has 0 spiro atoms. The van der Waals surface area contributed by atoms with Crippen LogP contribution in [0.25, 0.3) is 0 Å². The summed E-state index contributed by atoms with van der Waals surface area (Å²) in [5.74, 6) is 0.973. The number of nitrogens with zero attached hydrogens (tertiary/aromatic N) is 1. The van der Waals surface area contributed by atoms with Gasteiger partial charge in [0, 0.05) is 18.5 Å². The summed E-state index contributed by atoms with van der Waals surface area (Å²) in [7, 11) is 0. The molecule has 1 aliphatic heterocycles. The first-order chi connectivity index (χ1) is 7.27. The number of aliphatic imine (C=N–C) groups is 1. The fraction of sp³-hybridized carbons (Fsp3) is 0.300. The first-order valence-corrected chi connectivity index (χ1v) is 6.37. The molecule has 1 N–H and O–H groups in total. The fourth-order valence-corrected chi connectivity index (χ4v) is 2.42. The van der Waals surface area contributed by atoms with Gasteiger partial charge in [-0.2, -0.15) is 0 Å². The molecule has 0 aromatic heterocycles. The van der Waals surface area contributed by atoms with Crippen molar-refractivity contribution in [3.63, 3.8) is 0 Å². The normalized spacial score (nSPS) is 19.7. The maximum Gasteiger partial charge on any atom is 0.147 e. The van der Waals surface area contributed by atoms with Crippen LogP contribution < -0.4 is 5.32 Å². The van der Waals surface area contributed by atoms with Crippen molar-refractivity contribution in [3.8, 4) is 0 Å². The number of nitrogens with one attached hydrogen (secondary N) is 1. The van der Waals surface area contributed by atoms with Crippen molar-refractivity contribution in [3.05, 3.63) is 33.8 Å². The van der Waals surface area contributed by atoms with E-state index in [-0.39, 0.29) is 5.50 Å². The van der Waals surface area contributed by atoms with Crippen LogP contribution >= 0.6 is 35.0 Å². The van der Waals surface area contributed by atoms with Gasteiger partial charge in [0.05, 0.1) is 10.0 Å². The van der Waals surface area contributed by atoms with Crippen LogP contribution in [0, 0.1) is 0 Å². The summed E-state index contributed by atoms with van der Waals surface area (Å²) in [6.45, 7) is 0.689. The highest BCUT2D eigenvalue weighted by molar-refractivity contribution is 8.00. The molecule has 0 saturated heterocycles. The Labute approximate surface area is 103 Å². The van der Waals surface area contributed by atoms with Crippen LogP contribution in [-0.2, 0) is 6.54 Å². The van der Waals surface area contributed by atoms with Crippen LogP contribution in [0.15, 0.2) is 23.2 Å². The predicted molar refractivity (Wildman–Crippen MR) is 68.0 cm³/mol. The standard InChI is InChI=1S/C10H10Cl2N2S/c11-8-3-1-2-7(9(8)12)6-14-10-13-4-5-15-10/h1-4,10,14H,5-6H2. The van der Waals surface area contributed by atoms with E-state index in [1.54, 1.807) is 17.8 Å². The van der Waals surface area contributed by atoms with E-state index >= 15 is 0 Å². The quantitative estimate of drug-likeness (QED) is 0.903. The van der Waals surface area contributed by atoms with Crippen LogP contribution in [0.3, 0.4) is 0 Å². The van der Waals surface area contributed by atoms with Crippen molar-refractivity contribution < 1.29 is 0 Å². The molecule has 80 valence electrons. The smallest absolute Gasteiger partial charge is 0.147 e. The molecule has 0 bridgehead atoms. The van der Waals surface area contributed by atoms with Gasteiger partial charge >= 0.3 is 0 Å². The van der Waals surface area contributed by atoms with Crippen molar-refractivity contribution in [1.29, 1.82) is 0 Å². The Balaban J connectivity index is 1.98. The average molecular weight is 261 g/mol. The van der Waals surface area contributed by atoms with Gasteiger partial charge in [-0.3, -0.25) is 10.3 Å². The molecule has 1 heterocycles. The molecule has 0 radical (unpaired) electrons. The molecule has 1 aromatic rings. The predicted octanol–water partition coefficient (Wildman–Crippen LogP) is 3.18. The van der Waals surface area contributed by atoms with Crippen LogP contribution in [0.4, 0.5) is 0 Å². The summed E-state index contributed by atoms with van der Waals surface area (Å²) in [4.78, 5) is 4.25. The molecule has 0 fully saturated rings. The van der Waals surface area contributed by atoms with Crippen molar-refractivity contribution in [2.24, 2.45) is 4.99 Å². The minimum absolute atomic E-state index is 0.153. The Bertz CT molecular complexity index is 382. The zero-order valence-electron chi connectivity index (χ0n) is 7.91. The number of rotatable bonds is 3. The second kappa shape index (κ2) is 5.21. The molecule has 5 heteroatoms. The lowest BCUT2D eigenvalue weighted by Gasteiger charge is -2.10. The summed E-state index contributed by atoms with van der Waals surface area (Å²) < 4.78 is 0. The van der Waals surface area contributed by atoms with Gasteiger partial charge in [-0.25, -0.2) is 0 Å². The summed E-state index contributed by atoms with van der Waals surface area (Å²) in [6.07, 6.45) is 1.92. The van der Waals surface area contributed by atoms with Crippen molar-refractivity contribution in [2.75, 3.05) is 5.75 Å². The van der Waals surface area contributed by atoms with E-state index < -0.39 is 0 Å². The molecular formula is C10H10Cl2N2S. The van der Waals surface area contributed by atoms with E-state index in [1.165, 1.54) is 0 Å². The molecule has 2 rings (SSSR count). The lowest BCUT2D eigenvalue weighted by molar-refractivity contribution is 0.676. The van der Waals surface area contributed by atoms with Crippen molar-refractivity contribution in [2.45, 2.75) is 12.0 Å². The summed E-state index contributed by atoms with van der Waals surface area (Å²) >= 11 is 13.7. The molecule has 1 aliphatic rings. The molecule has 0 amide bonds. The third-order valence-corrected chi connectivity index (χ3v) is 3.87. The van der Waals surface area contributed by atoms with E-state index in [2.05, 4.69) is 10.3 Å². The zero-order valence-corrected chi connectivity index (χ0v) is 10.2. The number of thioether (sulfide) groups is 1. The minimum atomic E-state index is 0.153. The van der Waals surface area contributed by atoms with Crippen LogP contribution in [0.5, 0.6) is 0 Å². The third-order valence-electron chi connectivity index (χ3n) is 2.07. The molecule has 0 aliphatic carbocycles. The SMILES string of the molecule is Clc1cccc(CNC2N=CCS2)c1Cl. The summed E-state index contributed by atoms with van der Waals surface area (Å²) in [5.41, 5.74) is 1.16. The van der Waals surface area contributed by atoms with E-state index in [1.807, 2.05) is 18.3 Å². The van der Waals surface area contributed by atoms with Gasteiger partial charge in [0.1, 0.15) is 5.50 Å². The van der Waals surface area contributed by atoms with Crippen LogP contribution in [0.2, 0.25) is 10.0 Å². The maximum absolute atomic E-state index is 6.06. The lowest BCUT2D eigenvalue weighted by atomic mass is 10.2. The number of hydrogen-bond acceptors (Lipinski definition) is 3. The van der Waals surface area contributed by atoms with Gasteiger partial charge in [0.25, 0.3) is 0 Å². The topological polar surface area (TPSA) is 24.4 Å². The molecule has 0 saturated carbocycles. The first-order valence-electron chi connectivity index (χ1n) is 4.57. The molecule has 1 atom stereocenters. The Hall–Kier alpha value is -0.220. The Morgan fingerprint density at radius 3 is 3.07 bits per heavy atom. The van der Waals surface area contributed by atoms with Gasteiger partial charge in [0.2, 0.25) is 0 Å². The molecule has 1 aromatic carbocycles. The van der Waals surface area contributed by atoms with Gasteiger partial charge in [-0.15, -0.1) is 11.8 Å². The van der Waals surface area contributed by atoms with Gasteiger partial charge in [-0.05, 0) is 11.6 Å².